The highest BCUT2D eigenvalue weighted by Crippen LogP contribution is 2.38. The molecule has 1 aromatic heterocycles. The van der Waals surface area contributed by atoms with Crippen LogP contribution in [0.3, 0.4) is 0 Å². The molecule has 0 spiro atoms. The van der Waals surface area contributed by atoms with Crippen molar-refractivity contribution in [1.82, 2.24) is 15.6 Å². The number of carbonyl (C=O) groups is 3. The van der Waals surface area contributed by atoms with Gasteiger partial charge in [0.1, 0.15) is 0 Å². The Bertz CT molecular complexity index is 1320. The lowest BCUT2D eigenvalue weighted by Gasteiger charge is -2.25. The normalized spacial score (nSPS) is 15.5. The molecule has 2 atom stereocenters. The zero-order valence-corrected chi connectivity index (χ0v) is 22.1. The monoisotopic (exact) mass is 550 g/mol. The fourth-order valence-electron chi connectivity index (χ4n) is 4.91. The molecule has 10 heteroatoms. The SMILES string of the molecule is O=C(O)CC(C(=O)O)C1CNCCc2c1ccc(Cl)c2NCc1ccc(C(=O)NCCc2ccncc2)cc1. The molecule has 2 heterocycles. The zero-order chi connectivity index (χ0) is 27.8. The summed E-state index contributed by atoms with van der Waals surface area (Å²) in [7, 11) is 0. The summed E-state index contributed by atoms with van der Waals surface area (Å²) in [5.74, 6) is -4.00. The van der Waals surface area contributed by atoms with Crippen LogP contribution in [0.1, 0.15) is 45.0 Å². The van der Waals surface area contributed by atoms with Crippen LogP contribution >= 0.6 is 11.6 Å². The number of carboxylic acid groups (broad SMARTS) is 2. The summed E-state index contributed by atoms with van der Waals surface area (Å²) in [6.45, 7) is 1.94. The molecule has 5 N–H and O–H groups in total. The predicted octanol–water partition coefficient (Wildman–Crippen LogP) is 3.72. The molecule has 0 bridgehead atoms. The van der Waals surface area contributed by atoms with Crippen molar-refractivity contribution in [3.63, 3.8) is 0 Å². The van der Waals surface area contributed by atoms with Crippen molar-refractivity contribution in [3.8, 4) is 0 Å². The smallest absolute Gasteiger partial charge is 0.307 e. The van der Waals surface area contributed by atoms with Gasteiger partial charge in [-0.05, 0) is 72.0 Å². The van der Waals surface area contributed by atoms with Gasteiger partial charge in [0.15, 0.2) is 0 Å². The highest BCUT2D eigenvalue weighted by atomic mass is 35.5. The van der Waals surface area contributed by atoms with Gasteiger partial charge in [-0.3, -0.25) is 19.4 Å². The summed E-state index contributed by atoms with van der Waals surface area (Å²) >= 11 is 6.56. The summed E-state index contributed by atoms with van der Waals surface area (Å²) in [5.41, 5.74) is 4.99. The number of carboxylic acids is 2. The molecule has 4 rings (SSSR count). The van der Waals surface area contributed by atoms with Gasteiger partial charge in [0, 0.05) is 43.5 Å². The van der Waals surface area contributed by atoms with Crippen molar-refractivity contribution in [3.05, 3.63) is 93.8 Å². The Balaban J connectivity index is 1.43. The third-order valence-electron chi connectivity index (χ3n) is 6.95. The first kappa shape index (κ1) is 28.1. The van der Waals surface area contributed by atoms with Crippen LogP contribution in [0.15, 0.2) is 60.9 Å². The number of nitrogens with one attached hydrogen (secondary N) is 3. The van der Waals surface area contributed by atoms with Gasteiger partial charge in [0.2, 0.25) is 0 Å². The van der Waals surface area contributed by atoms with Crippen LogP contribution in [-0.2, 0) is 29.0 Å². The van der Waals surface area contributed by atoms with E-state index in [1.165, 1.54) is 0 Å². The molecule has 1 aliphatic rings. The summed E-state index contributed by atoms with van der Waals surface area (Å²) < 4.78 is 0. The number of anilines is 1. The number of halogens is 1. The van der Waals surface area contributed by atoms with Crippen LogP contribution < -0.4 is 16.0 Å². The van der Waals surface area contributed by atoms with Gasteiger partial charge < -0.3 is 26.2 Å². The van der Waals surface area contributed by atoms with E-state index in [1.54, 1.807) is 36.7 Å². The minimum absolute atomic E-state index is 0.145. The van der Waals surface area contributed by atoms with Crippen LogP contribution in [0.5, 0.6) is 0 Å². The van der Waals surface area contributed by atoms with E-state index < -0.39 is 30.2 Å². The lowest BCUT2D eigenvalue weighted by molar-refractivity contribution is -0.149. The number of carbonyl (C=O) groups excluding carboxylic acids is 1. The minimum atomic E-state index is -1.15. The third-order valence-corrected chi connectivity index (χ3v) is 7.26. The second-order valence-corrected chi connectivity index (χ2v) is 9.91. The van der Waals surface area contributed by atoms with E-state index in [2.05, 4.69) is 20.9 Å². The molecule has 39 heavy (non-hydrogen) atoms. The molecule has 204 valence electrons. The highest BCUT2D eigenvalue weighted by molar-refractivity contribution is 6.33. The Morgan fingerprint density at radius 3 is 2.46 bits per heavy atom. The number of fused-ring (bicyclic) bond motifs is 1. The molecule has 1 aliphatic heterocycles. The summed E-state index contributed by atoms with van der Waals surface area (Å²) in [6.07, 6.45) is 4.33. The van der Waals surface area contributed by atoms with Gasteiger partial charge in [0.05, 0.1) is 23.0 Å². The second-order valence-electron chi connectivity index (χ2n) is 9.51. The largest absolute Gasteiger partial charge is 0.481 e. The van der Waals surface area contributed by atoms with Gasteiger partial charge in [-0.2, -0.15) is 0 Å². The molecule has 0 saturated carbocycles. The van der Waals surface area contributed by atoms with E-state index in [1.807, 2.05) is 24.3 Å². The number of aromatic nitrogens is 1. The van der Waals surface area contributed by atoms with Crippen molar-refractivity contribution in [2.45, 2.75) is 31.7 Å². The first-order valence-electron chi connectivity index (χ1n) is 12.8. The Morgan fingerprint density at radius 2 is 1.77 bits per heavy atom. The minimum Gasteiger partial charge on any atom is -0.481 e. The highest BCUT2D eigenvalue weighted by Gasteiger charge is 2.34. The van der Waals surface area contributed by atoms with Gasteiger partial charge in [-0.1, -0.05) is 29.8 Å². The van der Waals surface area contributed by atoms with E-state index >= 15 is 0 Å². The van der Waals surface area contributed by atoms with Crippen LogP contribution in [0.2, 0.25) is 5.02 Å². The second kappa shape index (κ2) is 13.2. The van der Waals surface area contributed by atoms with Gasteiger partial charge in [-0.25, -0.2) is 0 Å². The number of nitrogens with zero attached hydrogens (tertiary/aromatic N) is 1. The third kappa shape index (κ3) is 7.34. The van der Waals surface area contributed by atoms with Gasteiger partial charge >= 0.3 is 11.9 Å². The van der Waals surface area contributed by atoms with Crippen LogP contribution in [0, 0.1) is 5.92 Å². The number of pyridine rings is 1. The number of benzene rings is 2. The lowest BCUT2D eigenvalue weighted by atomic mass is 9.81. The number of amides is 1. The fraction of sp³-hybridized carbons (Fsp3) is 0.310. The Kier molecular flexibility index (Phi) is 9.51. The fourth-order valence-corrected chi connectivity index (χ4v) is 5.15. The maximum absolute atomic E-state index is 12.5. The maximum atomic E-state index is 12.5. The number of hydrogen-bond donors (Lipinski definition) is 5. The molecular weight excluding hydrogens is 520 g/mol. The first-order chi connectivity index (χ1) is 18.8. The zero-order valence-electron chi connectivity index (χ0n) is 21.3. The predicted molar refractivity (Wildman–Crippen MR) is 148 cm³/mol. The Hall–Kier alpha value is -3.95. The molecule has 2 aromatic carbocycles. The van der Waals surface area contributed by atoms with Crippen molar-refractivity contribution >= 4 is 35.1 Å². The van der Waals surface area contributed by atoms with E-state index in [9.17, 15) is 24.6 Å². The average molecular weight is 551 g/mol. The topological polar surface area (TPSA) is 141 Å². The van der Waals surface area contributed by atoms with E-state index in [4.69, 9.17) is 11.6 Å². The molecular formula is C29H31ClN4O5. The van der Waals surface area contributed by atoms with Gasteiger partial charge in [-0.15, -0.1) is 0 Å². The molecule has 0 saturated heterocycles. The van der Waals surface area contributed by atoms with Crippen molar-refractivity contribution in [2.75, 3.05) is 25.0 Å². The quantitative estimate of drug-likeness (QED) is 0.243. The summed E-state index contributed by atoms with van der Waals surface area (Å²) in [6, 6.07) is 14.7. The van der Waals surface area contributed by atoms with E-state index in [0.717, 1.165) is 28.7 Å². The summed E-state index contributed by atoms with van der Waals surface area (Å²) in [5, 5.41) is 29.1. The Labute approximate surface area is 231 Å². The lowest BCUT2D eigenvalue weighted by Crippen LogP contribution is -2.31. The Morgan fingerprint density at radius 1 is 1.03 bits per heavy atom. The van der Waals surface area contributed by atoms with Crippen molar-refractivity contribution < 1.29 is 24.6 Å². The van der Waals surface area contributed by atoms with Gasteiger partial charge in [0.25, 0.3) is 5.91 Å². The number of aliphatic carboxylic acids is 2. The first-order valence-corrected chi connectivity index (χ1v) is 13.2. The van der Waals surface area contributed by atoms with Crippen LogP contribution in [0.25, 0.3) is 0 Å². The average Bonchev–Trinajstić information content (AvgIpc) is 3.14. The molecule has 3 aromatic rings. The molecule has 0 radical (unpaired) electrons. The summed E-state index contributed by atoms with van der Waals surface area (Å²) in [4.78, 5) is 39.8. The van der Waals surface area contributed by atoms with E-state index in [-0.39, 0.29) is 5.91 Å². The number of rotatable bonds is 11. The van der Waals surface area contributed by atoms with Crippen molar-refractivity contribution in [1.29, 1.82) is 0 Å². The molecule has 1 amide bonds. The van der Waals surface area contributed by atoms with Crippen LogP contribution in [0.4, 0.5) is 5.69 Å². The molecule has 0 fully saturated rings. The van der Waals surface area contributed by atoms with E-state index in [0.29, 0.717) is 48.9 Å². The van der Waals surface area contributed by atoms with Crippen molar-refractivity contribution in [2.24, 2.45) is 5.92 Å². The standard InChI is InChI=1S/C29H31ClN4O5/c30-25-6-5-21-22(10-13-32-17-24(21)23(29(38)39)15-26(35)36)27(25)34-16-19-1-3-20(4-2-19)28(37)33-14-9-18-7-11-31-12-8-18/h1-8,11-12,23-24,32,34H,9-10,13-17H2,(H,33,37)(H,35,36)(H,38,39). The molecule has 2 unspecified atom stereocenters. The maximum Gasteiger partial charge on any atom is 0.307 e. The van der Waals surface area contributed by atoms with Crippen LogP contribution in [-0.4, -0.2) is 52.7 Å². The molecule has 0 aliphatic carbocycles. The molecule has 9 nitrogen and oxygen atoms in total. The number of hydrogen-bond acceptors (Lipinski definition) is 6.